The normalized spacial score (nSPS) is 11.9. The zero-order valence-corrected chi connectivity index (χ0v) is 13.0. The van der Waals surface area contributed by atoms with Gasteiger partial charge < -0.3 is 10.4 Å². The summed E-state index contributed by atoms with van der Waals surface area (Å²) in [6.45, 7) is -0.0133. The largest absolute Gasteiger partial charge is 0.396 e. The number of aromatic nitrogens is 3. The van der Waals surface area contributed by atoms with Crippen LogP contribution in [-0.4, -0.2) is 32.4 Å². The molecule has 1 aromatic carbocycles. The summed E-state index contributed by atoms with van der Waals surface area (Å²) in [5.41, 5.74) is 1.25. The molecule has 2 heterocycles. The molecule has 3 aromatic rings. The topological polar surface area (TPSA) is 80.0 Å². The fraction of sp³-hybridized carbons (Fsp3) is 0.167. The summed E-state index contributed by atoms with van der Waals surface area (Å²) in [5, 5.41) is 16.3. The van der Waals surface area contributed by atoms with Gasteiger partial charge in [-0.15, -0.1) is 0 Å². The van der Waals surface area contributed by atoms with E-state index in [1.54, 1.807) is 41.3 Å². The van der Waals surface area contributed by atoms with Gasteiger partial charge in [-0.1, -0.05) is 36.4 Å². The molecule has 2 aromatic heterocycles. The van der Waals surface area contributed by atoms with Crippen LogP contribution >= 0.6 is 0 Å². The van der Waals surface area contributed by atoms with Crippen LogP contribution in [0.5, 0.6) is 0 Å². The minimum Gasteiger partial charge on any atom is -0.396 e. The second-order valence-corrected chi connectivity index (χ2v) is 5.28. The third-order valence-corrected chi connectivity index (χ3v) is 3.63. The molecule has 0 radical (unpaired) electrons. The van der Waals surface area contributed by atoms with E-state index >= 15 is 0 Å². The van der Waals surface area contributed by atoms with Crippen molar-refractivity contribution in [2.45, 2.75) is 12.5 Å². The summed E-state index contributed by atoms with van der Waals surface area (Å²) in [4.78, 5) is 16.9. The number of rotatable bonds is 6. The zero-order chi connectivity index (χ0) is 16.8. The van der Waals surface area contributed by atoms with Crippen LogP contribution in [0.25, 0.3) is 5.82 Å². The number of aliphatic hydroxyl groups is 1. The first-order chi connectivity index (χ1) is 11.8. The molecule has 6 nitrogen and oxygen atoms in total. The molecule has 0 fully saturated rings. The molecule has 122 valence electrons. The third kappa shape index (κ3) is 3.67. The van der Waals surface area contributed by atoms with E-state index in [9.17, 15) is 9.90 Å². The third-order valence-electron chi connectivity index (χ3n) is 3.63. The van der Waals surface area contributed by atoms with Crippen LogP contribution in [0, 0.1) is 0 Å². The first kappa shape index (κ1) is 15.9. The zero-order valence-electron chi connectivity index (χ0n) is 13.0. The van der Waals surface area contributed by atoms with Gasteiger partial charge in [0, 0.05) is 19.0 Å². The first-order valence-corrected chi connectivity index (χ1v) is 7.71. The number of benzene rings is 1. The van der Waals surface area contributed by atoms with Gasteiger partial charge in [0.2, 0.25) is 0 Å². The van der Waals surface area contributed by atoms with Crippen LogP contribution in [0.2, 0.25) is 0 Å². The van der Waals surface area contributed by atoms with Gasteiger partial charge in [0.25, 0.3) is 5.91 Å². The van der Waals surface area contributed by atoms with Crippen LogP contribution in [0.15, 0.2) is 67.0 Å². The van der Waals surface area contributed by atoms with Crippen LogP contribution < -0.4 is 5.32 Å². The van der Waals surface area contributed by atoms with Crippen LogP contribution in [0.3, 0.4) is 0 Å². The molecule has 0 aliphatic carbocycles. The fourth-order valence-electron chi connectivity index (χ4n) is 2.45. The van der Waals surface area contributed by atoms with E-state index < -0.39 is 0 Å². The van der Waals surface area contributed by atoms with Crippen molar-refractivity contribution in [1.29, 1.82) is 0 Å². The lowest BCUT2D eigenvalue weighted by Gasteiger charge is -2.18. The lowest BCUT2D eigenvalue weighted by Crippen LogP contribution is -2.30. The van der Waals surface area contributed by atoms with Gasteiger partial charge in [0.05, 0.1) is 6.04 Å². The molecule has 2 N–H and O–H groups in total. The lowest BCUT2D eigenvalue weighted by molar-refractivity contribution is 0.0925. The highest BCUT2D eigenvalue weighted by atomic mass is 16.3. The van der Waals surface area contributed by atoms with Crippen molar-refractivity contribution < 1.29 is 9.90 Å². The molecule has 3 rings (SSSR count). The molecule has 1 amide bonds. The van der Waals surface area contributed by atoms with Crippen molar-refractivity contribution in [2.24, 2.45) is 0 Å². The monoisotopic (exact) mass is 322 g/mol. The Labute approximate surface area is 139 Å². The quantitative estimate of drug-likeness (QED) is 0.728. The first-order valence-electron chi connectivity index (χ1n) is 7.71. The van der Waals surface area contributed by atoms with Gasteiger partial charge in [-0.2, -0.15) is 5.10 Å². The number of carbonyl (C=O) groups is 1. The number of hydrogen-bond acceptors (Lipinski definition) is 4. The van der Waals surface area contributed by atoms with Crippen LogP contribution in [-0.2, 0) is 0 Å². The highest BCUT2D eigenvalue weighted by Crippen LogP contribution is 2.17. The average Bonchev–Trinajstić information content (AvgIpc) is 3.17. The molecular weight excluding hydrogens is 304 g/mol. The molecule has 1 unspecified atom stereocenters. The number of carbonyl (C=O) groups excluding carboxylic acids is 1. The van der Waals surface area contributed by atoms with Gasteiger partial charge >= 0.3 is 0 Å². The van der Waals surface area contributed by atoms with Gasteiger partial charge in [-0.25, -0.2) is 9.67 Å². The summed E-state index contributed by atoms with van der Waals surface area (Å²) in [7, 11) is 0. The molecule has 1 atom stereocenters. The maximum atomic E-state index is 12.5. The summed E-state index contributed by atoms with van der Waals surface area (Å²) in [6, 6.07) is 16.3. The highest BCUT2D eigenvalue weighted by molar-refractivity contribution is 5.92. The summed E-state index contributed by atoms with van der Waals surface area (Å²) < 4.78 is 1.60. The van der Waals surface area contributed by atoms with Crippen molar-refractivity contribution in [3.63, 3.8) is 0 Å². The Morgan fingerprint density at radius 3 is 2.67 bits per heavy atom. The van der Waals surface area contributed by atoms with Gasteiger partial charge in [0.15, 0.2) is 5.82 Å². The van der Waals surface area contributed by atoms with E-state index in [0.29, 0.717) is 17.9 Å². The molecule has 0 saturated carbocycles. The maximum Gasteiger partial charge on any atom is 0.270 e. The molecular formula is C18H18N4O2. The van der Waals surface area contributed by atoms with Crippen LogP contribution in [0.1, 0.15) is 28.5 Å². The van der Waals surface area contributed by atoms with Crippen LogP contribution in [0.4, 0.5) is 0 Å². The Kier molecular flexibility index (Phi) is 4.98. The number of hydrogen-bond donors (Lipinski definition) is 2. The average molecular weight is 322 g/mol. The predicted octanol–water partition coefficient (Wildman–Crippen LogP) is 2.12. The van der Waals surface area contributed by atoms with E-state index in [2.05, 4.69) is 15.4 Å². The lowest BCUT2D eigenvalue weighted by atomic mass is 10.0. The SMILES string of the molecule is O=C(NC(CCO)c1ccccc1)c1cccc(-n2cccn2)n1. The highest BCUT2D eigenvalue weighted by Gasteiger charge is 2.16. The van der Waals surface area contributed by atoms with E-state index in [1.165, 1.54) is 0 Å². The van der Waals surface area contributed by atoms with Gasteiger partial charge in [-0.05, 0) is 30.2 Å². The molecule has 0 bridgehead atoms. The second-order valence-electron chi connectivity index (χ2n) is 5.28. The summed E-state index contributed by atoms with van der Waals surface area (Å²) in [5.74, 6) is 0.289. The van der Waals surface area contributed by atoms with Crippen molar-refractivity contribution >= 4 is 5.91 Å². The standard InChI is InChI=1S/C18H18N4O2/c23-13-10-15(14-6-2-1-3-7-14)21-18(24)16-8-4-9-17(20-16)22-12-5-11-19-22/h1-9,11-12,15,23H,10,13H2,(H,21,24). The molecule has 0 aliphatic heterocycles. The van der Waals surface area contributed by atoms with E-state index in [-0.39, 0.29) is 18.6 Å². The number of aliphatic hydroxyl groups excluding tert-OH is 1. The molecule has 0 aliphatic rings. The number of pyridine rings is 1. The van der Waals surface area contributed by atoms with Gasteiger partial charge in [0.1, 0.15) is 5.69 Å². The minimum atomic E-state index is -0.286. The Balaban J connectivity index is 1.79. The van der Waals surface area contributed by atoms with Crippen molar-refractivity contribution in [3.05, 3.63) is 78.2 Å². The van der Waals surface area contributed by atoms with E-state index in [4.69, 9.17) is 0 Å². The molecule has 0 saturated heterocycles. The second kappa shape index (κ2) is 7.52. The Bertz CT molecular complexity index is 788. The van der Waals surface area contributed by atoms with Crippen molar-refractivity contribution in [2.75, 3.05) is 6.61 Å². The smallest absolute Gasteiger partial charge is 0.270 e. The summed E-state index contributed by atoms with van der Waals surface area (Å²) >= 11 is 0. The Hall–Kier alpha value is -2.99. The van der Waals surface area contributed by atoms with Crippen molar-refractivity contribution in [1.82, 2.24) is 20.1 Å². The molecule has 24 heavy (non-hydrogen) atoms. The molecule has 0 spiro atoms. The fourth-order valence-corrected chi connectivity index (χ4v) is 2.45. The maximum absolute atomic E-state index is 12.5. The van der Waals surface area contributed by atoms with Gasteiger partial charge in [-0.3, -0.25) is 4.79 Å². The number of amides is 1. The predicted molar refractivity (Wildman–Crippen MR) is 89.7 cm³/mol. The number of nitrogens with one attached hydrogen (secondary N) is 1. The van der Waals surface area contributed by atoms with E-state index in [1.807, 2.05) is 30.3 Å². The minimum absolute atomic E-state index is 0.0133. The molecule has 6 heteroatoms. The summed E-state index contributed by atoms with van der Waals surface area (Å²) in [6.07, 6.45) is 3.86. The Morgan fingerprint density at radius 2 is 1.96 bits per heavy atom. The number of nitrogens with zero attached hydrogens (tertiary/aromatic N) is 3. The van der Waals surface area contributed by atoms with Crippen molar-refractivity contribution in [3.8, 4) is 5.82 Å². The van der Waals surface area contributed by atoms with E-state index in [0.717, 1.165) is 5.56 Å². The Morgan fingerprint density at radius 1 is 1.12 bits per heavy atom.